The minimum absolute atomic E-state index is 0.776. The van der Waals surface area contributed by atoms with Gasteiger partial charge in [0.25, 0.3) is 0 Å². The maximum Gasteiger partial charge on any atom is 0.0992 e. The van der Waals surface area contributed by atoms with Gasteiger partial charge in [-0.25, -0.2) is 4.98 Å². The molecule has 0 spiro atoms. The average Bonchev–Trinajstić information content (AvgIpc) is 2.56. The first-order valence-corrected chi connectivity index (χ1v) is 4.12. The van der Waals surface area contributed by atoms with Gasteiger partial charge >= 0.3 is 0 Å². The molecule has 1 heterocycles. The van der Waals surface area contributed by atoms with Gasteiger partial charge in [-0.1, -0.05) is 6.07 Å². The van der Waals surface area contributed by atoms with E-state index in [1.165, 1.54) is 5.56 Å². The Kier molecular flexibility index (Phi) is 1.77. The Morgan fingerprint density at radius 2 is 2.23 bits per heavy atom. The number of nitrogens with zero attached hydrogens (tertiary/aromatic N) is 2. The van der Waals surface area contributed by atoms with Gasteiger partial charge in [-0.2, -0.15) is 0 Å². The second kappa shape index (κ2) is 2.94. The maximum atomic E-state index is 5.86. The van der Waals surface area contributed by atoms with E-state index in [1.807, 2.05) is 35.9 Å². The summed E-state index contributed by atoms with van der Waals surface area (Å²) < 4.78 is 1.90. The Balaban J connectivity index is 2.53. The molecule has 0 aliphatic heterocycles. The summed E-state index contributed by atoms with van der Waals surface area (Å²) in [6.07, 6.45) is 5.35. The van der Waals surface area contributed by atoms with Crippen molar-refractivity contribution in [1.82, 2.24) is 9.55 Å². The Labute approximate surface area is 76.8 Å². The van der Waals surface area contributed by atoms with E-state index in [1.54, 1.807) is 12.5 Å². The first-order chi connectivity index (χ1) is 6.27. The van der Waals surface area contributed by atoms with Crippen molar-refractivity contribution in [3.63, 3.8) is 0 Å². The van der Waals surface area contributed by atoms with Gasteiger partial charge in [0.1, 0.15) is 0 Å². The van der Waals surface area contributed by atoms with E-state index in [4.69, 9.17) is 5.73 Å². The minimum Gasteiger partial charge on any atom is -0.397 e. The molecular weight excluding hydrogens is 162 g/mol. The predicted molar refractivity (Wildman–Crippen MR) is 52.7 cm³/mol. The molecule has 3 heteroatoms. The highest BCUT2D eigenvalue weighted by atomic mass is 15.0. The van der Waals surface area contributed by atoms with Gasteiger partial charge < -0.3 is 10.3 Å². The van der Waals surface area contributed by atoms with Crippen LogP contribution < -0.4 is 5.73 Å². The number of rotatable bonds is 1. The third kappa shape index (κ3) is 1.40. The Bertz CT molecular complexity index is 404. The molecule has 1 aromatic heterocycles. The van der Waals surface area contributed by atoms with Crippen LogP contribution in [0.3, 0.4) is 0 Å². The third-order valence-electron chi connectivity index (χ3n) is 1.97. The van der Waals surface area contributed by atoms with E-state index in [0.29, 0.717) is 0 Å². The molecule has 13 heavy (non-hydrogen) atoms. The van der Waals surface area contributed by atoms with E-state index in [-0.39, 0.29) is 0 Å². The van der Waals surface area contributed by atoms with Gasteiger partial charge in [-0.15, -0.1) is 0 Å². The Morgan fingerprint density at radius 1 is 1.38 bits per heavy atom. The molecule has 0 fully saturated rings. The van der Waals surface area contributed by atoms with Crippen LogP contribution in [0.25, 0.3) is 5.69 Å². The lowest BCUT2D eigenvalue weighted by atomic mass is 10.2. The number of imidazole rings is 1. The summed E-state index contributed by atoms with van der Waals surface area (Å²) in [4.78, 5) is 3.97. The second-order valence-corrected chi connectivity index (χ2v) is 3.03. The number of hydrogen-bond donors (Lipinski definition) is 1. The van der Waals surface area contributed by atoms with Crippen molar-refractivity contribution >= 4 is 5.69 Å². The van der Waals surface area contributed by atoms with Crippen LogP contribution in [0.5, 0.6) is 0 Å². The molecule has 2 aromatic rings. The molecule has 0 atom stereocenters. The topological polar surface area (TPSA) is 43.8 Å². The molecule has 3 nitrogen and oxygen atoms in total. The molecule has 0 bridgehead atoms. The average molecular weight is 173 g/mol. The van der Waals surface area contributed by atoms with Gasteiger partial charge in [0.15, 0.2) is 0 Å². The highest BCUT2D eigenvalue weighted by Gasteiger charge is 1.99. The number of aromatic nitrogens is 2. The lowest BCUT2D eigenvalue weighted by Crippen LogP contribution is -1.97. The second-order valence-electron chi connectivity index (χ2n) is 3.03. The molecule has 2 rings (SSSR count). The SMILES string of the molecule is Cc1ccc(-n2ccnc2)c(N)c1. The molecular formula is C10H11N3. The van der Waals surface area contributed by atoms with Crippen molar-refractivity contribution in [3.8, 4) is 5.69 Å². The van der Waals surface area contributed by atoms with Crippen molar-refractivity contribution in [1.29, 1.82) is 0 Å². The first kappa shape index (κ1) is 7.86. The summed E-state index contributed by atoms with van der Waals surface area (Å²) in [5, 5.41) is 0. The largest absolute Gasteiger partial charge is 0.397 e. The summed E-state index contributed by atoms with van der Waals surface area (Å²) >= 11 is 0. The first-order valence-electron chi connectivity index (χ1n) is 4.12. The van der Waals surface area contributed by atoms with Crippen LogP contribution in [0.4, 0.5) is 5.69 Å². The Hall–Kier alpha value is -1.77. The standard InChI is InChI=1S/C10H11N3/c1-8-2-3-10(9(11)6-8)13-5-4-12-7-13/h2-7H,11H2,1H3. The fourth-order valence-electron chi connectivity index (χ4n) is 1.31. The van der Waals surface area contributed by atoms with E-state index in [2.05, 4.69) is 4.98 Å². The number of benzene rings is 1. The normalized spacial score (nSPS) is 10.2. The lowest BCUT2D eigenvalue weighted by molar-refractivity contribution is 1.06. The number of anilines is 1. The summed E-state index contributed by atoms with van der Waals surface area (Å²) in [5.41, 5.74) is 8.78. The quantitative estimate of drug-likeness (QED) is 0.668. The zero-order valence-electron chi connectivity index (χ0n) is 7.44. The zero-order chi connectivity index (χ0) is 9.26. The molecule has 0 saturated heterocycles. The van der Waals surface area contributed by atoms with Crippen LogP contribution in [0.1, 0.15) is 5.56 Å². The molecule has 0 aliphatic carbocycles. The number of nitrogen functional groups attached to an aromatic ring is 1. The van der Waals surface area contributed by atoms with Crippen molar-refractivity contribution in [2.75, 3.05) is 5.73 Å². The molecule has 1 aromatic carbocycles. The van der Waals surface area contributed by atoms with Crippen LogP contribution in [-0.2, 0) is 0 Å². The number of nitrogens with two attached hydrogens (primary N) is 1. The molecule has 0 unspecified atom stereocenters. The van der Waals surface area contributed by atoms with E-state index in [0.717, 1.165) is 11.4 Å². The molecule has 0 aliphatic rings. The smallest absolute Gasteiger partial charge is 0.0992 e. The summed E-state index contributed by atoms with van der Waals surface area (Å²) in [7, 11) is 0. The highest BCUT2D eigenvalue weighted by molar-refractivity contribution is 5.58. The fourth-order valence-corrected chi connectivity index (χ4v) is 1.31. The lowest BCUT2D eigenvalue weighted by Gasteiger charge is -2.06. The number of aryl methyl sites for hydroxylation is 1. The van der Waals surface area contributed by atoms with Gasteiger partial charge in [0.05, 0.1) is 17.7 Å². The van der Waals surface area contributed by atoms with Crippen LogP contribution in [0.2, 0.25) is 0 Å². The minimum atomic E-state index is 0.776. The molecule has 2 N–H and O–H groups in total. The molecule has 66 valence electrons. The Morgan fingerprint density at radius 3 is 2.85 bits per heavy atom. The maximum absolute atomic E-state index is 5.86. The van der Waals surface area contributed by atoms with Crippen LogP contribution in [0.15, 0.2) is 36.9 Å². The predicted octanol–water partition coefficient (Wildman–Crippen LogP) is 1.76. The van der Waals surface area contributed by atoms with Gasteiger partial charge in [0, 0.05) is 12.4 Å². The van der Waals surface area contributed by atoms with Crippen molar-refractivity contribution in [3.05, 3.63) is 42.5 Å². The van der Waals surface area contributed by atoms with Crippen LogP contribution >= 0.6 is 0 Å². The summed E-state index contributed by atoms with van der Waals surface area (Å²) in [6, 6.07) is 5.98. The highest BCUT2D eigenvalue weighted by Crippen LogP contribution is 2.17. The van der Waals surface area contributed by atoms with Crippen LogP contribution in [-0.4, -0.2) is 9.55 Å². The fraction of sp³-hybridized carbons (Fsp3) is 0.100. The van der Waals surface area contributed by atoms with Gasteiger partial charge in [0.2, 0.25) is 0 Å². The van der Waals surface area contributed by atoms with E-state index >= 15 is 0 Å². The van der Waals surface area contributed by atoms with E-state index < -0.39 is 0 Å². The van der Waals surface area contributed by atoms with Crippen molar-refractivity contribution < 1.29 is 0 Å². The van der Waals surface area contributed by atoms with Crippen molar-refractivity contribution in [2.24, 2.45) is 0 Å². The molecule has 0 saturated carbocycles. The van der Waals surface area contributed by atoms with Gasteiger partial charge in [-0.05, 0) is 24.6 Å². The molecule has 0 radical (unpaired) electrons. The van der Waals surface area contributed by atoms with Crippen LogP contribution in [0, 0.1) is 6.92 Å². The summed E-state index contributed by atoms with van der Waals surface area (Å²) in [5.74, 6) is 0. The van der Waals surface area contributed by atoms with Gasteiger partial charge in [-0.3, -0.25) is 0 Å². The monoisotopic (exact) mass is 173 g/mol. The summed E-state index contributed by atoms with van der Waals surface area (Å²) in [6.45, 7) is 2.02. The molecule has 0 amide bonds. The zero-order valence-corrected chi connectivity index (χ0v) is 7.44. The van der Waals surface area contributed by atoms with E-state index in [9.17, 15) is 0 Å². The van der Waals surface area contributed by atoms with Crippen molar-refractivity contribution in [2.45, 2.75) is 6.92 Å². The third-order valence-corrected chi connectivity index (χ3v) is 1.97. The number of hydrogen-bond acceptors (Lipinski definition) is 2.